The van der Waals surface area contributed by atoms with Gasteiger partial charge in [0, 0.05) is 18.4 Å². The minimum absolute atomic E-state index is 0. The molecule has 0 bridgehead atoms. The Hall–Kier alpha value is -0.540. The highest BCUT2D eigenvalue weighted by atomic mass is 35.5. The number of unbranched alkanes of at least 4 members (excludes halogenated alkanes) is 4. The third-order valence-corrected chi connectivity index (χ3v) is 5.04. The van der Waals surface area contributed by atoms with Crippen molar-refractivity contribution >= 4 is 5.97 Å². The molecule has 2 atom stereocenters. The zero-order valence-corrected chi connectivity index (χ0v) is 17.6. The highest BCUT2D eigenvalue weighted by Crippen LogP contribution is 2.28. The van der Waals surface area contributed by atoms with Gasteiger partial charge < -0.3 is 12.4 Å². The monoisotopic (exact) mass is 361 g/mol. The van der Waals surface area contributed by atoms with Gasteiger partial charge in [-0.05, 0) is 40.5 Å². The molecule has 0 aromatic heterocycles. The Balaban J connectivity index is 0. The molecule has 0 saturated heterocycles. The molecule has 0 rings (SSSR count). The molecule has 144 valence electrons. The van der Waals surface area contributed by atoms with Crippen LogP contribution in [0, 0.1) is 0 Å². The Labute approximate surface area is 156 Å². The molecule has 0 heterocycles. The minimum Gasteiger partial charge on any atom is -1.00 e. The lowest BCUT2D eigenvalue weighted by Gasteiger charge is -2.43. The summed E-state index contributed by atoms with van der Waals surface area (Å²) in [6.07, 6.45) is 9.52. The molecule has 0 aliphatic rings. The van der Waals surface area contributed by atoms with E-state index in [4.69, 9.17) is 4.84 Å². The van der Waals surface area contributed by atoms with Crippen molar-refractivity contribution in [2.45, 2.75) is 105 Å². The molecular formula is C20H40ClNO2. The van der Waals surface area contributed by atoms with E-state index in [-0.39, 0.29) is 18.4 Å². The molecular weight excluding hydrogens is 322 g/mol. The molecule has 0 N–H and O–H groups in total. The highest BCUT2D eigenvalue weighted by molar-refractivity contribution is 5.86. The second-order valence-electron chi connectivity index (χ2n) is 7.02. The van der Waals surface area contributed by atoms with Crippen LogP contribution >= 0.6 is 0 Å². The van der Waals surface area contributed by atoms with Gasteiger partial charge >= 0.3 is 5.97 Å². The molecule has 3 nitrogen and oxygen atoms in total. The number of carbonyl (C=O) groups is 1. The van der Waals surface area contributed by atoms with Crippen LogP contribution in [0.1, 0.15) is 92.9 Å². The van der Waals surface area contributed by atoms with E-state index in [2.05, 4.69) is 41.2 Å². The van der Waals surface area contributed by atoms with Crippen LogP contribution in [0.15, 0.2) is 12.2 Å². The summed E-state index contributed by atoms with van der Waals surface area (Å²) in [7, 11) is 0. The first-order valence-electron chi connectivity index (χ1n) is 9.62. The van der Waals surface area contributed by atoms with Gasteiger partial charge in [-0.3, -0.25) is 4.84 Å². The normalized spacial score (nSPS) is 15.8. The molecule has 0 aromatic rings. The predicted octanol–water partition coefficient (Wildman–Crippen LogP) is 2.80. The molecule has 0 fully saturated rings. The van der Waals surface area contributed by atoms with E-state index >= 15 is 0 Å². The third-order valence-electron chi connectivity index (χ3n) is 5.04. The molecule has 0 amide bonds. The smallest absolute Gasteiger partial charge is 0.392 e. The maximum atomic E-state index is 12.2. The van der Waals surface area contributed by atoms with E-state index in [1.54, 1.807) is 6.92 Å². The van der Waals surface area contributed by atoms with Crippen LogP contribution in [0.2, 0.25) is 0 Å². The average molecular weight is 362 g/mol. The average Bonchev–Trinajstić information content (AvgIpc) is 2.52. The number of hydroxylamine groups is 3. The summed E-state index contributed by atoms with van der Waals surface area (Å²) in [5, 5.41) is 0. The number of nitrogens with zero attached hydrogens (tertiary/aromatic N) is 1. The number of halogens is 1. The fourth-order valence-corrected chi connectivity index (χ4v) is 3.35. The Bertz CT molecular complexity index is 342. The maximum Gasteiger partial charge on any atom is 0.392 e. The van der Waals surface area contributed by atoms with Gasteiger partial charge in [-0.25, -0.2) is 4.79 Å². The standard InChI is InChI=1S/C20H40NO2.ClH/c1-8-11-13-15-18(6)21(10-3,23-20(22)17(4)5)19(7)16-14-12-9-2;/h18-19H,4,8-16H2,1-3,5-7H3;1H/q+1;/p-1. The van der Waals surface area contributed by atoms with E-state index in [0.717, 1.165) is 19.4 Å². The molecule has 0 aliphatic heterocycles. The summed E-state index contributed by atoms with van der Waals surface area (Å²) < 4.78 is 0.444. The van der Waals surface area contributed by atoms with E-state index in [0.29, 0.717) is 22.3 Å². The maximum absolute atomic E-state index is 12.2. The van der Waals surface area contributed by atoms with Crippen molar-refractivity contribution in [1.82, 2.24) is 0 Å². The third kappa shape index (κ3) is 8.02. The van der Waals surface area contributed by atoms with Crippen LogP contribution in [0.25, 0.3) is 0 Å². The zero-order chi connectivity index (χ0) is 17.9. The van der Waals surface area contributed by atoms with Gasteiger partial charge in [0.2, 0.25) is 0 Å². The van der Waals surface area contributed by atoms with Crippen LogP contribution in [0.3, 0.4) is 0 Å². The minimum atomic E-state index is -0.253. The van der Waals surface area contributed by atoms with Gasteiger partial charge in [0.25, 0.3) is 0 Å². The fraction of sp³-hybridized carbons (Fsp3) is 0.850. The quantitative estimate of drug-likeness (QED) is 0.218. The Morgan fingerprint density at radius 2 is 1.38 bits per heavy atom. The second-order valence-corrected chi connectivity index (χ2v) is 7.02. The van der Waals surface area contributed by atoms with Gasteiger partial charge in [0.05, 0.1) is 0 Å². The first-order chi connectivity index (χ1) is 10.9. The first-order valence-corrected chi connectivity index (χ1v) is 9.62. The Morgan fingerprint density at radius 1 is 0.958 bits per heavy atom. The predicted molar refractivity (Wildman–Crippen MR) is 98.9 cm³/mol. The van der Waals surface area contributed by atoms with E-state index in [1.165, 1.54) is 38.5 Å². The molecule has 0 aromatic carbocycles. The number of rotatable bonds is 13. The SMILES string of the molecule is C=C(C)C(=O)O[N+](CC)(C(C)CCCCC)C(C)CCCCC.[Cl-]. The van der Waals surface area contributed by atoms with Gasteiger partial charge in [-0.15, -0.1) is 4.65 Å². The summed E-state index contributed by atoms with van der Waals surface area (Å²) >= 11 is 0. The summed E-state index contributed by atoms with van der Waals surface area (Å²) in [4.78, 5) is 18.3. The van der Waals surface area contributed by atoms with E-state index in [9.17, 15) is 4.79 Å². The number of hydrogen-bond acceptors (Lipinski definition) is 2. The molecule has 0 saturated carbocycles. The summed E-state index contributed by atoms with van der Waals surface area (Å²) in [5.41, 5.74) is 0.488. The van der Waals surface area contributed by atoms with Crippen LogP contribution < -0.4 is 12.4 Å². The van der Waals surface area contributed by atoms with Crippen molar-refractivity contribution in [2.75, 3.05) is 6.54 Å². The summed E-state index contributed by atoms with van der Waals surface area (Å²) in [5.74, 6) is -0.253. The topological polar surface area (TPSA) is 26.3 Å². The number of carbonyl (C=O) groups excluding carboxylic acids is 1. The molecule has 0 aliphatic carbocycles. The lowest BCUT2D eigenvalue weighted by Crippen LogP contribution is -3.00. The van der Waals surface area contributed by atoms with Crippen molar-refractivity contribution in [3.63, 3.8) is 0 Å². The van der Waals surface area contributed by atoms with Crippen molar-refractivity contribution < 1.29 is 26.7 Å². The van der Waals surface area contributed by atoms with Gasteiger partial charge in [-0.1, -0.05) is 46.1 Å². The number of quaternary nitrogens is 1. The van der Waals surface area contributed by atoms with Crippen LogP contribution in [0.4, 0.5) is 0 Å². The zero-order valence-electron chi connectivity index (χ0n) is 16.9. The van der Waals surface area contributed by atoms with Crippen LogP contribution in [-0.4, -0.2) is 29.2 Å². The van der Waals surface area contributed by atoms with Crippen molar-refractivity contribution in [2.24, 2.45) is 0 Å². The fourth-order valence-electron chi connectivity index (χ4n) is 3.35. The molecule has 24 heavy (non-hydrogen) atoms. The van der Waals surface area contributed by atoms with Crippen LogP contribution in [0.5, 0.6) is 0 Å². The largest absolute Gasteiger partial charge is 1.00 e. The van der Waals surface area contributed by atoms with Gasteiger partial charge in [-0.2, -0.15) is 0 Å². The van der Waals surface area contributed by atoms with Gasteiger partial charge in [0.15, 0.2) is 0 Å². The van der Waals surface area contributed by atoms with Crippen molar-refractivity contribution in [1.29, 1.82) is 0 Å². The lowest BCUT2D eigenvalue weighted by atomic mass is 10.0. The second kappa shape index (κ2) is 13.7. The molecule has 0 radical (unpaired) electrons. The van der Waals surface area contributed by atoms with Gasteiger partial charge in [0.1, 0.15) is 18.6 Å². The van der Waals surface area contributed by atoms with Crippen molar-refractivity contribution in [3.05, 3.63) is 12.2 Å². The summed E-state index contributed by atoms with van der Waals surface area (Å²) in [6.45, 7) is 17.4. The first kappa shape index (κ1) is 25.7. The lowest BCUT2D eigenvalue weighted by molar-refractivity contribution is -1.12. The molecule has 4 heteroatoms. The van der Waals surface area contributed by atoms with E-state index in [1.807, 2.05) is 0 Å². The Morgan fingerprint density at radius 3 is 1.67 bits per heavy atom. The van der Waals surface area contributed by atoms with Crippen molar-refractivity contribution in [3.8, 4) is 0 Å². The van der Waals surface area contributed by atoms with Crippen LogP contribution in [-0.2, 0) is 9.63 Å². The van der Waals surface area contributed by atoms with E-state index < -0.39 is 0 Å². The molecule has 2 unspecified atom stereocenters. The summed E-state index contributed by atoms with van der Waals surface area (Å²) in [6, 6.07) is 0.651. The number of hydrogen-bond donors (Lipinski definition) is 0. The highest BCUT2D eigenvalue weighted by Gasteiger charge is 2.42. The Kier molecular flexibility index (Phi) is 14.7. The molecule has 0 spiro atoms.